The van der Waals surface area contributed by atoms with Gasteiger partial charge in [-0.15, -0.1) is 11.3 Å². The van der Waals surface area contributed by atoms with E-state index in [1.807, 2.05) is 23.6 Å². The Balaban J connectivity index is 2.09. The summed E-state index contributed by atoms with van der Waals surface area (Å²) in [5.41, 5.74) is 1.09. The molecule has 1 heterocycles. The van der Waals surface area contributed by atoms with Crippen molar-refractivity contribution in [2.45, 2.75) is 20.1 Å². The maximum atomic E-state index is 6.22. The van der Waals surface area contributed by atoms with Gasteiger partial charge in [-0.2, -0.15) is 0 Å². The molecular formula is C14H15BrClNOS. The van der Waals surface area contributed by atoms with Crippen LogP contribution in [0, 0.1) is 0 Å². The molecule has 0 aliphatic carbocycles. The fourth-order valence-electron chi connectivity index (χ4n) is 1.69. The van der Waals surface area contributed by atoms with Crippen LogP contribution in [0.1, 0.15) is 17.4 Å². The molecule has 19 heavy (non-hydrogen) atoms. The van der Waals surface area contributed by atoms with Crippen LogP contribution in [-0.2, 0) is 13.2 Å². The maximum Gasteiger partial charge on any atom is 0.142 e. The first-order valence-electron chi connectivity index (χ1n) is 6.04. The highest BCUT2D eigenvalue weighted by atomic mass is 79.9. The minimum atomic E-state index is 0.541. The molecule has 0 unspecified atom stereocenters. The van der Waals surface area contributed by atoms with Gasteiger partial charge in [-0.25, -0.2) is 0 Å². The van der Waals surface area contributed by atoms with E-state index in [9.17, 15) is 0 Å². The summed E-state index contributed by atoms with van der Waals surface area (Å²) in [4.78, 5) is 1.17. The summed E-state index contributed by atoms with van der Waals surface area (Å²) < 4.78 is 6.97. The molecule has 0 bridgehead atoms. The summed E-state index contributed by atoms with van der Waals surface area (Å²) in [5.74, 6) is 0.773. The van der Waals surface area contributed by atoms with Gasteiger partial charge in [0.25, 0.3) is 0 Å². The third-order valence-electron chi connectivity index (χ3n) is 2.59. The van der Waals surface area contributed by atoms with E-state index in [1.165, 1.54) is 4.88 Å². The number of hydrogen-bond acceptors (Lipinski definition) is 3. The van der Waals surface area contributed by atoms with E-state index < -0.39 is 0 Å². The number of hydrogen-bond donors (Lipinski definition) is 1. The molecular weight excluding hydrogens is 346 g/mol. The molecule has 102 valence electrons. The quantitative estimate of drug-likeness (QED) is 0.795. The van der Waals surface area contributed by atoms with Crippen molar-refractivity contribution in [2.75, 3.05) is 6.54 Å². The number of ether oxygens (including phenoxy) is 1. The van der Waals surface area contributed by atoms with Crippen LogP contribution in [0.15, 0.2) is 34.1 Å². The Morgan fingerprint density at radius 2 is 2.26 bits per heavy atom. The van der Waals surface area contributed by atoms with Crippen molar-refractivity contribution >= 4 is 38.9 Å². The third kappa shape index (κ3) is 4.21. The summed E-state index contributed by atoms with van der Waals surface area (Å²) in [5, 5.41) is 6.00. The van der Waals surface area contributed by atoms with E-state index in [-0.39, 0.29) is 0 Å². The molecule has 0 atom stereocenters. The molecule has 0 aliphatic rings. The topological polar surface area (TPSA) is 21.3 Å². The molecule has 2 rings (SSSR count). The van der Waals surface area contributed by atoms with Crippen LogP contribution < -0.4 is 10.1 Å². The van der Waals surface area contributed by atoms with Gasteiger partial charge in [0.1, 0.15) is 12.4 Å². The molecule has 0 aliphatic heterocycles. The lowest BCUT2D eigenvalue weighted by molar-refractivity contribution is 0.306. The summed E-state index contributed by atoms with van der Waals surface area (Å²) >= 11 is 11.3. The zero-order valence-electron chi connectivity index (χ0n) is 10.6. The second-order valence-corrected chi connectivity index (χ2v) is 6.35. The van der Waals surface area contributed by atoms with Crippen LogP contribution in [0.25, 0.3) is 0 Å². The Labute approximate surface area is 130 Å². The van der Waals surface area contributed by atoms with Gasteiger partial charge in [-0.3, -0.25) is 0 Å². The van der Waals surface area contributed by atoms with E-state index in [4.69, 9.17) is 16.3 Å². The van der Waals surface area contributed by atoms with Crippen LogP contribution in [0.4, 0.5) is 0 Å². The van der Waals surface area contributed by atoms with Crippen molar-refractivity contribution in [2.24, 2.45) is 0 Å². The van der Waals surface area contributed by atoms with Crippen LogP contribution in [0.2, 0.25) is 5.02 Å². The van der Waals surface area contributed by atoms with Crippen molar-refractivity contribution in [3.63, 3.8) is 0 Å². The molecule has 0 amide bonds. The Bertz CT molecular complexity index is 544. The van der Waals surface area contributed by atoms with Gasteiger partial charge in [-0.1, -0.05) is 30.7 Å². The van der Waals surface area contributed by atoms with Crippen molar-refractivity contribution in [3.05, 3.63) is 49.6 Å². The maximum absolute atomic E-state index is 6.22. The second-order valence-electron chi connectivity index (χ2n) is 4.03. The molecule has 1 N–H and O–H groups in total. The lowest BCUT2D eigenvalue weighted by atomic mass is 10.2. The SMILES string of the molecule is CCNCc1cccc(Cl)c1OCc1cc(Br)cs1. The van der Waals surface area contributed by atoms with E-state index in [1.54, 1.807) is 11.3 Å². The van der Waals surface area contributed by atoms with E-state index in [0.717, 1.165) is 28.9 Å². The fourth-order valence-corrected chi connectivity index (χ4v) is 3.30. The lowest BCUT2D eigenvalue weighted by Crippen LogP contribution is -2.13. The van der Waals surface area contributed by atoms with Crippen molar-refractivity contribution in [1.29, 1.82) is 0 Å². The van der Waals surface area contributed by atoms with Crippen LogP contribution in [0.5, 0.6) is 5.75 Å². The molecule has 5 heteroatoms. The molecule has 2 aromatic rings. The average molecular weight is 361 g/mol. The minimum Gasteiger partial charge on any atom is -0.486 e. The smallest absolute Gasteiger partial charge is 0.142 e. The fraction of sp³-hybridized carbons (Fsp3) is 0.286. The first-order chi connectivity index (χ1) is 9.20. The minimum absolute atomic E-state index is 0.541. The van der Waals surface area contributed by atoms with Gasteiger partial charge < -0.3 is 10.1 Å². The van der Waals surface area contributed by atoms with Crippen LogP contribution in [0.3, 0.4) is 0 Å². The Kier molecular flexibility index (Phi) is 5.70. The number of nitrogens with one attached hydrogen (secondary N) is 1. The first-order valence-corrected chi connectivity index (χ1v) is 8.09. The average Bonchev–Trinajstić information content (AvgIpc) is 2.81. The highest BCUT2D eigenvalue weighted by molar-refractivity contribution is 9.10. The van der Waals surface area contributed by atoms with E-state index in [0.29, 0.717) is 11.6 Å². The van der Waals surface area contributed by atoms with Crippen molar-refractivity contribution < 1.29 is 4.74 Å². The van der Waals surface area contributed by atoms with Gasteiger partial charge in [0.2, 0.25) is 0 Å². The number of benzene rings is 1. The standard InChI is InChI=1S/C14H15BrClNOS/c1-2-17-7-10-4-3-5-13(16)14(10)18-8-12-6-11(15)9-19-12/h3-6,9,17H,2,7-8H2,1H3. The zero-order valence-corrected chi connectivity index (χ0v) is 13.7. The second kappa shape index (κ2) is 7.29. The van der Waals surface area contributed by atoms with Gasteiger partial charge >= 0.3 is 0 Å². The number of rotatable bonds is 6. The molecule has 2 nitrogen and oxygen atoms in total. The molecule has 0 fully saturated rings. The zero-order chi connectivity index (χ0) is 13.7. The first kappa shape index (κ1) is 14.9. The van der Waals surface area contributed by atoms with E-state index in [2.05, 4.69) is 34.2 Å². The molecule has 0 saturated heterocycles. The van der Waals surface area contributed by atoms with E-state index >= 15 is 0 Å². The van der Waals surface area contributed by atoms with Crippen molar-refractivity contribution in [1.82, 2.24) is 5.32 Å². The summed E-state index contributed by atoms with van der Waals surface area (Å²) in [6.07, 6.45) is 0. The molecule has 1 aromatic heterocycles. The largest absolute Gasteiger partial charge is 0.486 e. The number of thiophene rings is 1. The molecule has 0 radical (unpaired) electrons. The normalized spacial score (nSPS) is 10.7. The van der Waals surface area contributed by atoms with Crippen LogP contribution in [-0.4, -0.2) is 6.54 Å². The third-order valence-corrected chi connectivity index (χ3v) is 4.56. The summed E-state index contributed by atoms with van der Waals surface area (Å²) in [6.45, 7) is 4.30. The Morgan fingerprint density at radius 3 is 2.95 bits per heavy atom. The molecule has 0 spiro atoms. The lowest BCUT2D eigenvalue weighted by Gasteiger charge is -2.12. The molecule has 1 aromatic carbocycles. The van der Waals surface area contributed by atoms with Gasteiger partial charge in [0, 0.05) is 26.8 Å². The predicted octanol–water partition coefficient (Wildman–Crippen LogP) is 4.85. The number of para-hydroxylation sites is 1. The summed E-state index contributed by atoms with van der Waals surface area (Å²) in [7, 11) is 0. The van der Waals surface area contributed by atoms with Gasteiger partial charge in [-0.05, 0) is 34.6 Å². The van der Waals surface area contributed by atoms with Gasteiger partial charge in [0.15, 0.2) is 0 Å². The summed E-state index contributed by atoms with van der Waals surface area (Å²) in [6, 6.07) is 7.90. The van der Waals surface area contributed by atoms with Gasteiger partial charge in [0.05, 0.1) is 5.02 Å². The predicted molar refractivity (Wildman–Crippen MR) is 85.2 cm³/mol. The van der Waals surface area contributed by atoms with Crippen molar-refractivity contribution in [3.8, 4) is 5.75 Å². The number of halogens is 2. The van der Waals surface area contributed by atoms with Crippen LogP contribution >= 0.6 is 38.9 Å². The highest BCUT2D eigenvalue weighted by Crippen LogP contribution is 2.30. The Morgan fingerprint density at radius 1 is 1.42 bits per heavy atom. The Hall–Kier alpha value is -0.550. The monoisotopic (exact) mass is 359 g/mol. The molecule has 0 saturated carbocycles. The highest BCUT2D eigenvalue weighted by Gasteiger charge is 2.09.